The second-order valence-electron chi connectivity index (χ2n) is 8.29. The van der Waals surface area contributed by atoms with E-state index in [4.69, 9.17) is 4.74 Å². The smallest absolute Gasteiger partial charge is 0.213 e. The maximum Gasteiger partial charge on any atom is 0.213 e. The molecule has 162 valence electrons. The lowest BCUT2D eigenvalue weighted by Crippen LogP contribution is -2.48. The summed E-state index contributed by atoms with van der Waals surface area (Å²) >= 11 is 0. The average Bonchev–Trinajstić information content (AvgIpc) is 2.86. The van der Waals surface area contributed by atoms with Crippen molar-refractivity contribution < 1.29 is 4.74 Å². The van der Waals surface area contributed by atoms with Gasteiger partial charge in [0.25, 0.3) is 0 Å². The predicted octanol–water partition coefficient (Wildman–Crippen LogP) is 5.02. The molecule has 1 saturated heterocycles. The average molecular weight is 424 g/mol. The third-order valence-corrected chi connectivity index (χ3v) is 6.23. The molecule has 0 aliphatic carbocycles. The van der Waals surface area contributed by atoms with Gasteiger partial charge < -0.3 is 4.74 Å². The summed E-state index contributed by atoms with van der Waals surface area (Å²) in [6.45, 7) is 5.76. The maximum absolute atomic E-state index is 5.96. The standard InChI is InChI=1S/C28H29N3O/c1-3-10-24(11-4-1)28(25-12-5-2-6-13-25)31-19-17-30(18-20-31)21-22-32-27-16-15-23-9-7-8-14-26(23)29-27/h1-16,28H,17-22H2. The van der Waals surface area contributed by atoms with Crippen LogP contribution in [0.3, 0.4) is 0 Å². The first-order chi connectivity index (χ1) is 15.9. The van der Waals surface area contributed by atoms with E-state index < -0.39 is 0 Å². The van der Waals surface area contributed by atoms with E-state index >= 15 is 0 Å². The van der Waals surface area contributed by atoms with Crippen molar-refractivity contribution in [3.8, 4) is 5.88 Å². The fraction of sp³-hybridized carbons (Fsp3) is 0.250. The van der Waals surface area contributed by atoms with Crippen LogP contribution in [0.15, 0.2) is 97.1 Å². The summed E-state index contributed by atoms with van der Waals surface area (Å²) in [5.74, 6) is 0.704. The van der Waals surface area contributed by atoms with E-state index in [1.54, 1.807) is 0 Å². The van der Waals surface area contributed by atoms with E-state index in [2.05, 4.69) is 87.6 Å². The number of hydrogen-bond donors (Lipinski definition) is 0. The minimum absolute atomic E-state index is 0.303. The van der Waals surface area contributed by atoms with Crippen LogP contribution in [0.2, 0.25) is 0 Å². The van der Waals surface area contributed by atoms with Gasteiger partial charge >= 0.3 is 0 Å². The predicted molar refractivity (Wildman–Crippen MR) is 130 cm³/mol. The molecular weight excluding hydrogens is 394 g/mol. The van der Waals surface area contributed by atoms with E-state index in [0.717, 1.165) is 43.6 Å². The van der Waals surface area contributed by atoms with E-state index in [1.807, 2.05) is 24.3 Å². The molecule has 0 spiro atoms. The zero-order valence-corrected chi connectivity index (χ0v) is 18.3. The Morgan fingerprint density at radius 3 is 2.00 bits per heavy atom. The number of fused-ring (bicyclic) bond motifs is 1. The van der Waals surface area contributed by atoms with Gasteiger partial charge in [-0.1, -0.05) is 78.9 Å². The lowest BCUT2D eigenvalue weighted by molar-refractivity contribution is 0.0971. The van der Waals surface area contributed by atoms with Crippen molar-refractivity contribution in [3.63, 3.8) is 0 Å². The van der Waals surface area contributed by atoms with Crippen LogP contribution in [0, 0.1) is 0 Å². The largest absolute Gasteiger partial charge is 0.476 e. The van der Waals surface area contributed by atoms with Crippen LogP contribution in [0.25, 0.3) is 10.9 Å². The zero-order chi connectivity index (χ0) is 21.6. The van der Waals surface area contributed by atoms with Crippen LogP contribution < -0.4 is 4.74 Å². The number of aromatic nitrogens is 1. The molecule has 32 heavy (non-hydrogen) atoms. The molecule has 5 rings (SSSR count). The minimum atomic E-state index is 0.303. The molecule has 1 aromatic heterocycles. The molecule has 1 aliphatic rings. The van der Waals surface area contributed by atoms with Crippen LogP contribution in [0.4, 0.5) is 0 Å². The van der Waals surface area contributed by atoms with Crippen LogP contribution in [-0.4, -0.2) is 54.1 Å². The Hall–Kier alpha value is -3.21. The number of hydrogen-bond acceptors (Lipinski definition) is 4. The Bertz CT molecular complexity index is 1090. The molecule has 4 nitrogen and oxygen atoms in total. The summed E-state index contributed by atoms with van der Waals surface area (Å²) in [7, 11) is 0. The molecule has 0 radical (unpaired) electrons. The molecule has 0 unspecified atom stereocenters. The van der Waals surface area contributed by atoms with Gasteiger partial charge in [-0.2, -0.15) is 0 Å². The Labute approximate surface area is 190 Å². The molecule has 1 aliphatic heterocycles. The lowest BCUT2D eigenvalue weighted by Gasteiger charge is -2.39. The third-order valence-electron chi connectivity index (χ3n) is 6.23. The number of para-hydroxylation sites is 1. The summed E-state index contributed by atoms with van der Waals surface area (Å²) in [6, 6.07) is 34.2. The maximum atomic E-state index is 5.96. The molecule has 0 bridgehead atoms. The fourth-order valence-electron chi connectivity index (χ4n) is 4.54. The van der Waals surface area contributed by atoms with Crippen molar-refractivity contribution >= 4 is 10.9 Å². The molecule has 2 heterocycles. The van der Waals surface area contributed by atoms with Gasteiger partial charge in [0.05, 0.1) is 11.6 Å². The molecule has 0 atom stereocenters. The highest BCUT2D eigenvalue weighted by Gasteiger charge is 2.26. The molecule has 0 saturated carbocycles. The Balaban J connectivity index is 1.17. The normalized spacial score (nSPS) is 15.3. The van der Waals surface area contributed by atoms with Gasteiger partial charge in [0.1, 0.15) is 6.61 Å². The van der Waals surface area contributed by atoms with Gasteiger partial charge in [0, 0.05) is 44.2 Å². The van der Waals surface area contributed by atoms with Crippen molar-refractivity contribution in [2.24, 2.45) is 0 Å². The van der Waals surface area contributed by atoms with Gasteiger partial charge in [0.15, 0.2) is 0 Å². The number of ether oxygens (including phenoxy) is 1. The Morgan fingerprint density at radius 1 is 0.688 bits per heavy atom. The molecule has 0 N–H and O–H groups in total. The molecular formula is C28H29N3O. The van der Waals surface area contributed by atoms with E-state index in [-0.39, 0.29) is 0 Å². The molecule has 0 amide bonds. The molecule has 4 aromatic rings. The van der Waals surface area contributed by atoms with Crippen LogP contribution >= 0.6 is 0 Å². The lowest BCUT2D eigenvalue weighted by atomic mass is 9.96. The van der Waals surface area contributed by atoms with Crippen molar-refractivity contribution in [1.29, 1.82) is 0 Å². The number of nitrogens with zero attached hydrogens (tertiary/aromatic N) is 3. The fourth-order valence-corrected chi connectivity index (χ4v) is 4.54. The highest BCUT2D eigenvalue weighted by Crippen LogP contribution is 2.29. The molecule has 3 aromatic carbocycles. The number of piperazine rings is 1. The quantitative estimate of drug-likeness (QED) is 0.417. The summed E-state index contributed by atoms with van der Waals surface area (Å²) in [6.07, 6.45) is 0. The monoisotopic (exact) mass is 423 g/mol. The van der Waals surface area contributed by atoms with E-state index in [1.165, 1.54) is 11.1 Å². The SMILES string of the molecule is c1ccc(C(c2ccccc2)N2CCN(CCOc3ccc4ccccc4n3)CC2)cc1. The topological polar surface area (TPSA) is 28.6 Å². The first-order valence-electron chi connectivity index (χ1n) is 11.4. The highest BCUT2D eigenvalue weighted by molar-refractivity contribution is 5.78. The van der Waals surface area contributed by atoms with E-state index in [0.29, 0.717) is 18.5 Å². The van der Waals surface area contributed by atoms with Gasteiger partial charge in [-0.25, -0.2) is 4.98 Å². The highest BCUT2D eigenvalue weighted by atomic mass is 16.5. The summed E-state index contributed by atoms with van der Waals surface area (Å²) in [4.78, 5) is 9.71. The Kier molecular flexibility index (Phi) is 6.42. The van der Waals surface area contributed by atoms with Gasteiger partial charge in [0.2, 0.25) is 5.88 Å². The third kappa shape index (κ3) is 4.82. The second-order valence-corrected chi connectivity index (χ2v) is 8.29. The number of rotatable bonds is 7. The summed E-state index contributed by atoms with van der Waals surface area (Å²) in [5.41, 5.74) is 3.70. The van der Waals surface area contributed by atoms with E-state index in [9.17, 15) is 0 Å². The van der Waals surface area contributed by atoms with Gasteiger partial charge in [-0.05, 0) is 23.3 Å². The van der Waals surface area contributed by atoms with Gasteiger partial charge in [-0.3, -0.25) is 9.80 Å². The van der Waals surface area contributed by atoms with Crippen molar-refractivity contribution in [1.82, 2.24) is 14.8 Å². The van der Waals surface area contributed by atoms with Crippen LogP contribution in [-0.2, 0) is 0 Å². The molecule has 4 heteroatoms. The van der Waals surface area contributed by atoms with Crippen molar-refractivity contribution in [2.45, 2.75) is 6.04 Å². The second kappa shape index (κ2) is 9.94. The molecule has 1 fully saturated rings. The Morgan fingerprint density at radius 2 is 1.31 bits per heavy atom. The first kappa shape index (κ1) is 20.7. The van der Waals surface area contributed by atoms with Crippen LogP contribution in [0.1, 0.15) is 17.2 Å². The number of benzene rings is 3. The summed E-state index contributed by atoms with van der Waals surface area (Å²) < 4.78 is 5.96. The van der Waals surface area contributed by atoms with Crippen molar-refractivity contribution in [3.05, 3.63) is 108 Å². The van der Waals surface area contributed by atoms with Crippen LogP contribution in [0.5, 0.6) is 5.88 Å². The van der Waals surface area contributed by atoms with Crippen molar-refractivity contribution in [2.75, 3.05) is 39.3 Å². The zero-order valence-electron chi connectivity index (χ0n) is 18.3. The number of pyridine rings is 1. The van der Waals surface area contributed by atoms with Gasteiger partial charge in [-0.15, -0.1) is 0 Å². The minimum Gasteiger partial charge on any atom is -0.476 e. The summed E-state index contributed by atoms with van der Waals surface area (Å²) in [5, 5.41) is 1.14. The first-order valence-corrected chi connectivity index (χ1v) is 11.4.